The number of benzene rings is 1. The Labute approximate surface area is 121 Å². The van der Waals surface area contributed by atoms with Gasteiger partial charge in [0.15, 0.2) is 0 Å². The smallest absolute Gasteiger partial charge is 0.244 e. The lowest BCUT2D eigenvalue weighted by Crippen LogP contribution is -2.41. The second-order valence-electron chi connectivity index (χ2n) is 5.33. The third-order valence-corrected chi connectivity index (χ3v) is 4.33. The first kappa shape index (κ1) is 13.8. The Morgan fingerprint density at radius 1 is 1.30 bits per heavy atom. The molecule has 1 unspecified atom stereocenters. The van der Waals surface area contributed by atoms with E-state index in [0.29, 0.717) is 31.6 Å². The molecule has 0 aromatic heterocycles. The Balaban J connectivity index is 1.76. The molecule has 20 heavy (non-hydrogen) atoms. The van der Waals surface area contributed by atoms with E-state index in [9.17, 15) is 14.3 Å². The Kier molecular flexibility index (Phi) is 3.67. The third kappa shape index (κ3) is 2.41. The second-order valence-corrected chi connectivity index (χ2v) is 5.74. The van der Waals surface area contributed by atoms with E-state index in [-0.39, 0.29) is 23.1 Å². The predicted molar refractivity (Wildman–Crippen MR) is 74.4 cm³/mol. The Bertz CT molecular complexity index is 540. The minimum atomic E-state index is -0.517. The van der Waals surface area contributed by atoms with Crippen molar-refractivity contribution in [1.82, 2.24) is 4.90 Å². The molecule has 2 saturated heterocycles. The summed E-state index contributed by atoms with van der Waals surface area (Å²) in [5.74, 6) is -0.544. The fourth-order valence-corrected chi connectivity index (χ4v) is 3.08. The molecule has 1 N–H and O–H groups in total. The molecule has 1 amide bonds. The van der Waals surface area contributed by atoms with Gasteiger partial charge in [-0.15, -0.1) is 0 Å². The van der Waals surface area contributed by atoms with Gasteiger partial charge in [-0.05, 0) is 31.0 Å². The SMILES string of the molecule is O=C1C(N2CC[C@H](O)C2)CCN1c1ccc(Cl)c(F)c1. The molecule has 108 valence electrons. The molecule has 2 atom stereocenters. The molecule has 0 aliphatic carbocycles. The second kappa shape index (κ2) is 5.31. The number of halogens is 2. The van der Waals surface area contributed by atoms with Gasteiger partial charge < -0.3 is 10.0 Å². The van der Waals surface area contributed by atoms with Crippen molar-refractivity contribution in [2.24, 2.45) is 0 Å². The van der Waals surface area contributed by atoms with Gasteiger partial charge in [-0.1, -0.05) is 11.6 Å². The summed E-state index contributed by atoms with van der Waals surface area (Å²) in [7, 11) is 0. The third-order valence-electron chi connectivity index (χ3n) is 4.03. The average molecular weight is 299 g/mol. The van der Waals surface area contributed by atoms with Crippen molar-refractivity contribution in [2.75, 3.05) is 24.5 Å². The molecule has 0 radical (unpaired) electrons. The summed E-state index contributed by atoms with van der Waals surface area (Å²) < 4.78 is 13.5. The molecule has 0 spiro atoms. The van der Waals surface area contributed by atoms with Crippen LogP contribution in [0.3, 0.4) is 0 Å². The van der Waals surface area contributed by atoms with Crippen molar-refractivity contribution >= 4 is 23.2 Å². The van der Waals surface area contributed by atoms with Crippen LogP contribution in [0.5, 0.6) is 0 Å². The van der Waals surface area contributed by atoms with Crippen molar-refractivity contribution in [1.29, 1.82) is 0 Å². The predicted octanol–water partition coefficient (Wildman–Crippen LogP) is 1.65. The van der Waals surface area contributed by atoms with E-state index in [4.69, 9.17) is 11.6 Å². The molecule has 2 fully saturated rings. The molecular weight excluding hydrogens is 283 g/mol. The summed E-state index contributed by atoms with van der Waals surface area (Å²) in [4.78, 5) is 16.0. The summed E-state index contributed by atoms with van der Waals surface area (Å²) in [6.07, 6.45) is 1.07. The zero-order valence-corrected chi connectivity index (χ0v) is 11.7. The van der Waals surface area contributed by atoms with Gasteiger partial charge in [0.2, 0.25) is 5.91 Å². The summed E-state index contributed by atoms with van der Waals surface area (Å²) in [6, 6.07) is 4.21. The Hall–Kier alpha value is -1.17. The van der Waals surface area contributed by atoms with Crippen molar-refractivity contribution in [3.05, 3.63) is 29.0 Å². The van der Waals surface area contributed by atoms with Crippen LogP contribution in [0.15, 0.2) is 18.2 Å². The maximum absolute atomic E-state index is 13.5. The number of nitrogens with zero attached hydrogens (tertiary/aromatic N) is 2. The highest BCUT2D eigenvalue weighted by atomic mass is 35.5. The lowest BCUT2D eigenvalue weighted by atomic mass is 10.2. The lowest BCUT2D eigenvalue weighted by Gasteiger charge is -2.23. The van der Waals surface area contributed by atoms with Crippen LogP contribution in [0.2, 0.25) is 5.02 Å². The molecule has 1 aromatic carbocycles. The van der Waals surface area contributed by atoms with Gasteiger partial charge in [0.25, 0.3) is 0 Å². The van der Waals surface area contributed by atoms with Gasteiger partial charge in [0.05, 0.1) is 17.2 Å². The van der Waals surface area contributed by atoms with Crippen LogP contribution < -0.4 is 4.90 Å². The molecule has 0 bridgehead atoms. The number of rotatable bonds is 2. The van der Waals surface area contributed by atoms with Gasteiger partial charge in [0.1, 0.15) is 5.82 Å². The summed E-state index contributed by atoms with van der Waals surface area (Å²) in [6.45, 7) is 1.84. The van der Waals surface area contributed by atoms with Crippen LogP contribution in [-0.2, 0) is 4.79 Å². The van der Waals surface area contributed by atoms with Gasteiger partial charge in [-0.3, -0.25) is 9.69 Å². The molecule has 3 rings (SSSR count). The Morgan fingerprint density at radius 2 is 2.10 bits per heavy atom. The molecule has 2 aliphatic rings. The average Bonchev–Trinajstić information content (AvgIpc) is 2.99. The number of carbonyl (C=O) groups excluding carboxylic acids is 1. The zero-order valence-electron chi connectivity index (χ0n) is 10.9. The highest BCUT2D eigenvalue weighted by Crippen LogP contribution is 2.28. The number of amides is 1. The van der Waals surface area contributed by atoms with Crippen molar-refractivity contribution in [3.8, 4) is 0 Å². The molecular formula is C14H16ClFN2O2. The van der Waals surface area contributed by atoms with Crippen molar-refractivity contribution < 1.29 is 14.3 Å². The number of carbonyl (C=O) groups is 1. The topological polar surface area (TPSA) is 43.8 Å². The fourth-order valence-electron chi connectivity index (χ4n) is 2.96. The fraction of sp³-hybridized carbons (Fsp3) is 0.500. The number of β-amino-alcohol motifs (C(OH)–C–C–N with tert-alkyl or cyclic N) is 1. The summed E-state index contributed by atoms with van der Waals surface area (Å²) in [5, 5.41) is 9.62. The van der Waals surface area contributed by atoms with Gasteiger partial charge in [-0.25, -0.2) is 4.39 Å². The van der Waals surface area contributed by atoms with E-state index in [1.165, 1.54) is 12.1 Å². The van der Waals surface area contributed by atoms with E-state index < -0.39 is 5.82 Å². The lowest BCUT2D eigenvalue weighted by molar-refractivity contribution is -0.121. The first-order valence-corrected chi connectivity index (χ1v) is 7.12. The quantitative estimate of drug-likeness (QED) is 0.903. The summed E-state index contributed by atoms with van der Waals surface area (Å²) >= 11 is 5.66. The number of hydrogen-bond donors (Lipinski definition) is 1. The van der Waals surface area contributed by atoms with E-state index in [2.05, 4.69) is 0 Å². The molecule has 2 heterocycles. The largest absolute Gasteiger partial charge is 0.392 e. The maximum Gasteiger partial charge on any atom is 0.244 e. The van der Waals surface area contributed by atoms with Gasteiger partial charge in [-0.2, -0.15) is 0 Å². The molecule has 6 heteroatoms. The first-order valence-electron chi connectivity index (χ1n) is 6.75. The minimum absolute atomic E-state index is 0.0270. The molecule has 0 saturated carbocycles. The van der Waals surface area contributed by atoms with Crippen LogP contribution in [-0.4, -0.2) is 47.7 Å². The summed E-state index contributed by atoms with van der Waals surface area (Å²) in [5.41, 5.74) is 0.541. The normalized spacial score (nSPS) is 27.6. The van der Waals surface area contributed by atoms with Gasteiger partial charge >= 0.3 is 0 Å². The number of aliphatic hydroxyl groups excluding tert-OH is 1. The molecule has 4 nitrogen and oxygen atoms in total. The standard InChI is InChI=1S/C14H16ClFN2O2/c15-11-2-1-9(7-12(11)16)18-6-4-13(14(18)20)17-5-3-10(19)8-17/h1-2,7,10,13,19H,3-6,8H2/t10-,13?/m0/s1. The first-order chi connectivity index (χ1) is 9.56. The zero-order chi connectivity index (χ0) is 14.3. The van der Waals surface area contributed by atoms with E-state index in [0.717, 1.165) is 6.54 Å². The van der Waals surface area contributed by atoms with Crippen LogP contribution in [0, 0.1) is 5.82 Å². The number of anilines is 1. The van der Waals surface area contributed by atoms with Crippen LogP contribution in [0.4, 0.5) is 10.1 Å². The van der Waals surface area contributed by atoms with E-state index in [1.54, 1.807) is 11.0 Å². The molecule has 2 aliphatic heterocycles. The number of aliphatic hydroxyl groups is 1. The van der Waals surface area contributed by atoms with Gasteiger partial charge in [0, 0.05) is 25.3 Å². The highest BCUT2D eigenvalue weighted by Gasteiger charge is 2.39. The van der Waals surface area contributed by atoms with Crippen LogP contribution in [0.1, 0.15) is 12.8 Å². The van der Waals surface area contributed by atoms with Crippen molar-refractivity contribution in [3.63, 3.8) is 0 Å². The van der Waals surface area contributed by atoms with Crippen LogP contribution >= 0.6 is 11.6 Å². The van der Waals surface area contributed by atoms with Crippen molar-refractivity contribution in [2.45, 2.75) is 25.0 Å². The number of likely N-dealkylation sites (tertiary alicyclic amines) is 1. The Morgan fingerprint density at radius 3 is 2.75 bits per heavy atom. The monoisotopic (exact) mass is 298 g/mol. The highest BCUT2D eigenvalue weighted by molar-refractivity contribution is 6.30. The minimum Gasteiger partial charge on any atom is -0.392 e. The van der Waals surface area contributed by atoms with E-state index >= 15 is 0 Å². The van der Waals surface area contributed by atoms with E-state index in [1.807, 2.05) is 4.90 Å². The number of hydrogen-bond acceptors (Lipinski definition) is 3. The van der Waals surface area contributed by atoms with Crippen LogP contribution in [0.25, 0.3) is 0 Å². The maximum atomic E-state index is 13.5. The molecule has 1 aromatic rings.